The summed E-state index contributed by atoms with van der Waals surface area (Å²) in [5.41, 5.74) is 6.19. The molecule has 2 aromatic carbocycles. The molecular weight excluding hydrogens is 444 g/mol. The van der Waals surface area contributed by atoms with Crippen LogP contribution in [0.2, 0.25) is 0 Å². The van der Waals surface area contributed by atoms with E-state index in [0.717, 1.165) is 33.5 Å². The Balaban J connectivity index is 1.35. The van der Waals surface area contributed by atoms with Gasteiger partial charge in [-0.2, -0.15) is 4.98 Å². The van der Waals surface area contributed by atoms with Crippen LogP contribution in [0.3, 0.4) is 0 Å². The van der Waals surface area contributed by atoms with Gasteiger partial charge in [0.15, 0.2) is 11.4 Å². The molecule has 0 bridgehead atoms. The third-order valence-corrected chi connectivity index (χ3v) is 5.87. The molecular formula is C27H28N4O4. The number of nitrogens with zero attached hydrogens (tertiary/aromatic N) is 2. The van der Waals surface area contributed by atoms with Crippen molar-refractivity contribution in [2.45, 2.75) is 39.5 Å². The molecule has 3 N–H and O–H groups in total. The number of carboxylic acids is 1. The summed E-state index contributed by atoms with van der Waals surface area (Å²) in [7, 11) is 0. The number of anilines is 3. The van der Waals surface area contributed by atoms with E-state index in [0.29, 0.717) is 17.4 Å². The van der Waals surface area contributed by atoms with Gasteiger partial charge in [-0.1, -0.05) is 37.3 Å². The van der Waals surface area contributed by atoms with Crippen molar-refractivity contribution >= 4 is 40.4 Å². The number of aryl methyl sites for hydroxylation is 2. The fourth-order valence-electron chi connectivity index (χ4n) is 3.91. The Bertz CT molecular complexity index is 1340. The van der Waals surface area contributed by atoms with Crippen LogP contribution in [0.1, 0.15) is 41.5 Å². The molecule has 0 aliphatic rings. The lowest BCUT2D eigenvalue weighted by Crippen LogP contribution is -2.16. The number of nitrogens with one attached hydrogen (secondary N) is 2. The van der Waals surface area contributed by atoms with Crippen molar-refractivity contribution in [3.63, 3.8) is 0 Å². The number of carbonyl (C=O) groups is 2. The summed E-state index contributed by atoms with van der Waals surface area (Å²) in [6, 6.07) is 15.6. The molecule has 0 radical (unpaired) electrons. The highest BCUT2D eigenvalue weighted by molar-refractivity contribution is 5.86. The van der Waals surface area contributed by atoms with Crippen molar-refractivity contribution < 1.29 is 19.1 Å². The maximum atomic E-state index is 12.5. The molecule has 1 unspecified atom stereocenters. The van der Waals surface area contributed by atoms with Crippen LogP contribution in [-0.4, -0.2) is 33.4 Å². The summed E-state index contributed by atoms with van der Waals surface area (Å²) in [4.78, 5) is 32.2. The van der Waals surface area contributed by atoms with Gasteiger partial charge >= 0.3 is 5.97 Å². The molecule has 8 heteroatoms. The highest BCUT2D eigenvalue weighted by Crippen LogP contribution is 2.27. The maximum absolute atomic E-state index is 12.5. The van der Waals surface area contributed by atoms with Gasteiger partial charge in [0, 0.05) is 18.3 Å². The third-order valence-electron chi connectivity index (χ3n) is 5.87. The van der Waals surface area contributed by atoms with E-state index in [1.54, 1.807) is 12.3 Å². The molecule has 4 rings (SSSR count). The Labute approximate surface area is 203 Å². The van der Waals surface area contributed by atoms with Crippen LogP contribution in [0, 0.1) is 13.8 Å². The predicted molar refractivity (Wildman–Crippen MR) is 135 cm³/mol. The molecule has 0 saturated carbocycles. The standard InChI is InChI=1S/C27H28N4O4/c1-16-5-4-6-17(2)26(16)31-27-30-22-9-7-19(13-23(22)35-27)12-21(32)15-29-24-10-8-20(14-28-24)18(3)11-25(33)34/h4-10,13-14,18H,11-12,15H2,1-3H3,(H,28,29)(H,30,31)(H,33,34). The molecule has 35 heavy (non-hydrogen) atoms. The summed E-state index contributed by atoms with van der Waals surface area (Å²) in [6.07, 6.45) is 1.94. The van der Waals surface area contributed by atoms with Gasteiger partial charge < -0.3 is 20.2 Å². The van der Waals surface area contributed by atoms with Crippen molar-refractivity contribution in [3.8, 4) is 0 Å². The fourth-order valence-corrected chi connectivity index (χ4v) is 3.91. The Kier molecular flexibility index (Phi) is 7.10. The Morgan fingerprint density at radius 2 is 1.86 bits per heavy atom. The number of pyridine rings is 1. The van der Waals surface area contributed by atoms with Crippen molar-refractivity contribution in [2.75, 3.05) is 17.2 Å². The van der Waals surface area contributed by atoms with Crippen LogP contribution in [0.5, 0.6) is 0 Å². The molecule has 4 aromatic rings. The largest absolute Gasteiger partial charge is 0.481 e. The normalized spacial score (nSPS) is 11.9. The van der Waals surface area contributed by atoms with Crippen molar-refractivity contribution in [3.05, 3.63) is 77.0 Å². The van der Waals surface area contributed by atoms with Crippen LogP contribution >= 0.6 is 0 Å². The number of hydrogen-bond acceptors (Lipinski definition) is 7. The average molecular weight is 473 g/mol. The van der Waals surface area contributed by atoms with Gasteiger partial charge in [-0.05, 0) is 60.2 Å². The highest BCUT2D eigenvalue weighted by Gasteiger charge is 2.13. The lowest BCUT2D eigenvalue weighted by atomic mass is 10.00. The monoisotopic (exact) mass is 472 g/mol. The lowest BCUT2D eigenvalue weighted by Gasteiger charge is -2.10. The zero-order valence-electron chi connectivity index (χ0n) is 20.0. The molecule has 8 nitrogen and oxygen atoms in total. The maximum Gasteiger partial charge on any atom is 0.303 e. The molecule has 0 aliphatic heterocycles. The third kappa shape index (κ3) is 6.03. The number of para-hydroxylation sites is 1. The summed E-state index contributed by atoms with van der Waals surface area (Å²) in [5, 5.41) is 15.2. The number of rotatable bonds is 10. The second-order valence-corrected chi connectivity index (χ2v) is 8.76. The van der Waals surface area contributed by atoms with Crippen LogP contribution in [0.4, 0.5) is 17.5 Å². The first-order valence-electron chi connectivity index (χ1n) is 11.4. The van der Waals surface area contributed by atoms with Gasteiger partial charge in [0.2, 0.25) is 0 Å². The van der Waals surface area contributed by atoms with Gasteiger partial charge in [-0.3, -0.25) is 9.59 Å². The van der Waals surface area contributed by atoms with Crippen LogP contribution < -0.4 is 10.6 Å². The van der Waals surface area contributed by atoms with E-state index in [2.05, 4.69) is 20.6 Å². The molecule has 0 spiro atoms. The minimum absolute atomic E-state index is 0.00266. The molecule has 1 atom stereocenters. The number of carboxylic acid groups (broad SMARTS) is 1. The fraction of sp³-hybridized carbons (Fsp3) is 0.259. The smallest absolute Gasteiger partial charge is 0.303 e. The van der Waals surface area contributed by atoms with Crippen LogP contribution in [0.25, 0.3) is 11.1 Å². The van der Waals surface area contributed by atoms with Gasteiger partial charge in [0.1, 0.15) is 11.3 Å². The van der Waals surface area contributed by atoms with E-state index >= 15 is 0 Å². The SMILES string of the molecule is Cc1cccc(C)c1Nc1nc2ccc(CC(=O)CNc3ccc(C(C)CC(=O)O)cn3)cc2o1. The van der Waals surface area contributed by atoms with Crippen molar-refractivity contribution in [2.24, 2.45) is 0 Å². The number of ketones is 1. The van der Waals surface area contributed by atoms with Crippen molar-refractivity contribution in [1.82, 2.24) is 9.97 Å². The van der Waals surface area contributed by atoms with Crippen LogP contribution in [0.15, 0.2) is 59.1 Å². The summed E-state index contributed by atoms with van der Waals surface area (Å²) in [5.74, 6) is -0.402. The molecule has 0 aliphatic carbocycles. The summed E-state index contributed by atoms with van der Waals surface area (Å²) in [6.45, 7) is 6.03. The summed E-state index contributed by atoms with van der Waals surface area (Å²) >= 11 is 0. The molecule has 2 heterocycles. The molecule has 0 fully saturated rings. The Morgan fingerprint density at radius 1 is 1.09 bits per heavy atom. The number of aliphatic carboxylic acids is 1. The second kappa shape index (κ2) is 10.4. The number of hydrogen-bond donors (Lipinski definition) is 3. The quantitative estimate of drug-likeness (QED) is 0.281. The first-order chi connectivity index (χ1) is 16.8. The zero-order valence-corrected chi connectivity index (χ0v) is 20.0. The minimum Gasteiger partial charge on any atom is -0.481 e. The predicted octanol–water partition coefficient (Wildman–Crippen LogP) is 5.39. The Morgan fingerprint density at radius 3 is 2.54 bits per heavy atom. The highest BCUT2D eigenvalue weighted by atomic mass is 16.4. The van der Waals surface area contributed by atoms with Crippen molar-refractivity contribution in [1.29, 1.82) is 0 Å². The van der Waals surface area contributed by atoms with E-state index in [1.165, 1.54) is 0 Å². The number of carbonyl (C=O) groups excluding carboxylic acids is 1. The number of fused-ring (bicyclic) bond motifs is 1. The zero-order chi connectivity index (χ0) is 24.9. The second-order valence-electron chi connectivity index (χ2n) is 8.76. The number of benzene rings is 2. The van der Waals surface area contributed by atoms with E-state index in [4.69, 9.17) is 9.52 Å². The van der Waals surface area contributed by atoms with E-state index in [9.17, 15) is 9.59 Å². The number of aromatic nitrogens is 2. The summed E-state index contributed by atoms with van der Waals surface area (Å²) < 4.78 is 5.89. The first kappa shape index (κ1) is 23.9. The molecule has 2 aromatic heterocycles. The average Bonchev–Trinajstić information content (AvgIpc) is 3.22. The van der Waals surface area contributed by atoms with Gasteiger partial charge in [-0.25, -0.2) is 4.98 Å². The molecule has 0 amide bonds. The Hall–Kier alpha value is -4.20. The number of oxazole rings is 1. The minimum atomic E-state index is -0.845. The van der Waals surface area contributed by atoms with E-state index in [-0.39, 0.29) is 31.1 Å². The molecule has 180 valence electrons. The molecule has 0 saturated heterocycles. The van der Waals surface area contributed by atoms with Gasteiger partial charge in [-0.15, -0.1) is 0 Å². The number of Topliss-reactive ketones (excluding diaryl/α,β-unsaturated/α-hetero) is 1. The first-order valence-corrected chi connectivity index (χ1v) is 11.4. The van der Waals surface area contributed by atoms with Gasteiger partial charge in [0.05, 0.1) is 13.0 Å². The van der Waals surface area contributed by atoms with Gasteiger partial charge in [0.25, 0.3) is 6.01 Å². The van der Waals surface area contributed by atoms with Crippen LogP contribution in [-0.2, 0) is 16.0 Å². The van der Waals surface area contributed by atoms with E-state index in [1.807, 2.05) is 63.2 Å². The van der Waals surface area contributed by atoms with E-state index < -0.39 is 5.97 Å². The topological polar surface area (TPSA) is 117 Å². The lowest BCUT2D eigenvalue weighted by molar-refractivity contribution is -0.137.